The van der Waals surface area contributed by atoms with Crippen LogP contribution in [0.4, 0.5) is 11.4 Å². The quantitative estimate of drug-likeness (QED) is 0.672. The van der Waals surface area contributed by atoms with Crippen molar-refractivity contribution >= 4 is 27.3 Å². The lowest BCUT2D eigenvalue weighted by atomic mass is 10.0. The molecule has 1 heterocycles. The average molecular weight is 423 g/mol. The third-order valence-corrected chi connectivity index (χ3v) is 6.92. The van der Waals surface area contributed by atoms with Crippen molar-refractivity contribution in [3.63, 3.8) is 0 Å². The lowest BCUT2D eigenvalue weighted by Crippen LogP contribution is -2.35. The van der Waals surface area contributed by atoms with Gasteiger partial charge in [0, 0.05) is 12.1 Å². The number of methoxy groups -OCH3 is 1. The van der Waals surface area contributed by atoms with E-state index in [-0.39, 0.29) is 10.8 Å². The van der Waals surface area contributed by atoms with Gasteiger partial charge in [-0.25, -0.2) is 8.42 Å². The molecule has 0 aliphatic carbocycles. The number of amides is 1. The highest BCUT2D eigenvalue weighted by Gasteiger charge is 2.29. The Balaban J connectivity index is 1.70. The second-order valence-electron chi connectivity index (χ2n) is 6.99. The highest BCUT2D eigenvalue weighted by Crippen LogP contribution is 2.34. The van der Waals surface area contributed by atoms with Crippen LogP contribution in [0.25, 0.3) is 0 Å². The van der Waals surface area contributed by atoms with Crippen LogP contribution >= 0.6 is 0 Å². The Bertz CT molecular complexity index is 1180. The van der Waals surface area contributed by atoms with Gasteiger partial charge < -0.3 is 10.1 Å². The van der Waals surface area contributed by atoms with Crippen LogP contribution in [-0.2, 0) is 16.4 Å². The Morgan fingerprint density at radius 3 is 2.50 bits per heavy atom. The first-order chi connectivity index (χ1) is 14.5. The summed E-state index contributed by atoms with van der Waals surface area (Å²) in [5.41, 5.74) is 2.49. The lowest BCUT2D eigenvalue weighted by Gasteiger charge is -2.30. The molecule has 154 valence electrons. The fourth-order valence-electron chi connectivity index (χ4n) is 3.61. The first-order valence-electron chi connectivity index (χ1n) is 9.66. The SMILES string of the molecule is COc1ccc(S(=O)(=O)N2CCCc3ccccc32)cc1NC(=O)c1ccccc1. The van der Waals surface area contributed by atoms with Gasteiger partial charge in [0.15, 0.2) is 0 Å². The van der Waals surface area contributed by atoms with Gasteiger partial charge in [-0.05, 0) is 54.8 Å². The molecule has 30 heavy (non-hydrogen) atoms. The molecule has 0 saturated carbocycles. The fourth-order valence-corrected chi connectivity index (χ4v) is 5.17. The molecule has 0 unspecified atom stereocenters. The van der Waals surface area contributed by atoms with E-state index in [1.165, 1.54) is 23.5 Å². The van der Waals surface area contributed by atoms with Crippen molar-refractivity contribution < 1.29 is 17.9 Å². The molecule has 7 heteroatoms. The number of nitrogens with zero attached hydrogens (tertiary/aromatic N) is 1. The Labute approximate surface area is 176 Å². The molecule has 0 radical (unpaired) electrons. The van der Waals surface area contributed by atoms with Crippen molar-refractivity contribution in [3.05, 3.63) is 83.9 Å². The molecule has 1 aliphatic heterocycles. The summed E-state index contributed by atoms with van der Waals surface area (Å²) in [6.45, 7) is 0.414. The number of fused-ring (bicyclic) bond motifs is 1. The predicted octanol–water partition coefficient (Wildman–Crippen LogP) is 4.09. The normalized spacial score (nSPS) is 13.4. The summed E-state index contributed by atoms with van der Waals surface area (Å²) in [6, 6.07) is 20.8. The molecule has 6 nitrogen and oxygen atoms in total. The summed E-state index contributed by atoms with van der Waals surface area (Å²) >= 11 is 0. The zero-order chi connectivity index (χ0) is 21.1. The predicted molar refractivity (Wildman–Crippen MR) is 117 cm³/mol. The monoisotopic (exact) mass is 422 g/mol. The van der Waals surface area contributed by atoms with Crippen LogP contribution in [0.15, 0.2) is 77.7 Å². The van der Waals surface area contributed by atoms with E-state index >= 15 is 0 Å². The van der Waals surface area contributed by atoms with Gasteiger partial charge in [0.25, 0.3) is 15.9 Å². The van der Waals surface area contributed by atoms with Crippen molar-refractivity contribution in [1.82, 2.24) is 0 Å². The van der Waals surface area contributed by atoms with E-state index < -0.39 is 10.0 Å². The smallest absolute Gasteiger partial charge is 0.264 e. The number of rotatable bonds is 5. The molecular weight excluding hydrogens is 400 g/mol. The van der Waals surface area contributed by atoms with E-state index in [4.69, 9.17) is 4.74 Å². The summed E-state index contributed by atoms with van der Waals surface area (Å²) in [5, 5.41) is 2.77. The number of carbonyl (C=O) groups excluding carboxylic acids is 1. The molecule has 1 amide bonds. The van der Waals surface area contributed by atoms with E-state index in [0.29, 0.717) is 29.2 Å². The summed E-state index contributed by atoms with van der Waals surface area (Å²) in [7, 11) is -2.32. The maximum atomic E-state index is 13.4. The molecule has 0 bridgehead atoms. The summed E-state index contributed by atoms with van der Waals surface area (Å²) in [4.78, 5) is 12.7. The minimum absolute atomic E-state index is 0.100. The number of hydrogen-bond donors (Lipinski definition) is 1. The largest absolute Gasteiger partial charge is 0.495 e. The second-order valence-corrected chi connectivity index (χ2v) is 8.85. The minimum atomic E-state index is -3.80. The molecule has 0 spiro atoms. The molecule has 0 saturated heterocycles. The van der Waals surface area contributed by atoms with Crippen LogP contribution in [0.5, 0.6) is 5.75 Å². The van der Waals surface area contributed by atoms with E-state index in [1.807, 2.05) is 30.3 Å². The van der Waals surface area contributed by atoms with Crippen LogP contribution in [-0.4, -0.2) is 28.0 Å². The highest BCUT2D eigenvalue weighted by atomic mass is 32.2. The number of ether oxygens (including phenoxy) is 1. The number of carbonyl (C=O) groups is 1. The van der Waals surface area contributed by atoms with Gasteiger partial charge >= 0.3 is 0 Å². The molecule has 0 aromatic heterocycles. The maximum Gasteiger partial charge on any atom is 0.264 e. The molecule has 1 aliphatic rings. The number of aryl methyl sites for hydroxylation is 1. The van der Waals surface area contributed by atoms with Crippen molar-refractivity contribution in [1.29, 1.82) is 0 Å². The molecule has 0 atom stereocenters. The van der Waals surface area contributed by atoms with E-state index in [1.54, 1.807) is 30.3 Å². The van der Waals surface area contributed by atoms with Crippen LogP contribution in [0.2, 0.25) is 0 Å². The Morgan fingerprint density at radius 1 is 1.00 bits per heavy atom. The van der Waals surface area contributed by atoms with Gasteiger partial charge in [-0.3, -0.25) is 9.10 Å². The van der Waals surface area contributed by atoms with Gasteiger partial charge in [0.1, 0.15) is 5.75 Å². The zero-order valence-electron chi connectivity index (χ0n) is 16.5. The number of anilines is 2. The first-order valence-corrected chi connectivity index (χ1v) is 11.1. The lowest BCUT2D eigenvalue weighted by molar-refractivity contribution is 0.102. The molecule has 3 aromatic carbocycles. The maximum absolute atomic E-state index is 13.4. The number of hydrogen-bond acceptors (Lipinski definition) is 4. The summed E-state index contributed by atoms with van der Waals surface area (Å²) in [6.07, 6.45) is 1.60. The molecule has 1 N–H and O–H groups in total. The Morgan fingerprint density at radius 2 is 1.73 bits per heavy atom. The van der Waals surface area contributed by atoms with E-state index in [2.05, 4.69) is 5.32 Å². The first kappa shape index (κ1) is 20.0. The fraction of sp³-hybridized carbons (Fsp3) is 0.174. The molecular formula is C23H22N2O4S. The van der Waals surface area contributed by atoms with Crippen LogP contribution in [0.3, 0.4) is 0 Å². The van der Waals surface area contributed by atoms with Crippen molar-refractivity contribution in [3.8, 4) is 5.75 Å². The molecule has 4 rings (SSSR count). The summed E-state index contributed by atoms with van der Waals surface area (Å²) < 4.78 is 33.6. The van der Waals surface area contributed by atoms with Crippen molar-refractivity contribution in [2.75, 3.05) is 23.3 Å². The number of sulfonamides is 1. The molecule has 3 aromatic rings. The number of para-hydroxylation sites is 1. The number of nitrogens with one attached hydrogen (secondary N) is 1. The second kappa shape index (κ2) is 8.20. The van der Waals surface area contributed by atoms with E-state index in [9.17, 15) is 13.2 Å². The molecule has 0 fully saturated rings. The zero-order valence-corrected chi connectivity index (χ0v) is 17.4. The van der Waals surface area contributed by atoms with Crippen molar-refractivity contribution in [2.45, 2.75) is 17.7 Å². The van der Waals surface area contributed by atoms with Gasteiger partial charge in [0.2, 0.25) is 0 Å². The minimum Gasteiger partial charge on any atom is -0.495 e. The van der Waals surface area contributed by atoms with Gasteiger partial charge in [-0.15, -0.1) is 0 Å². The number of benzene rings is 3. The highest BCUT2D eigenvalue weighted by molar-refractivity contribution is 7.92. The van der Waals surface area contributed by atoms with Crippen molar-refractivity contribution in [2.24, 2.45) is 0 Å². The van der Waals surface area contributed by atoms with Crippen LogP contribution in [0.1, 0.15) is 22.3 Å². The van der Waals surface area contributed by atoms with Crippen LogP contribution in [0, 0.1) is 0 Å². The third-order valence-electron chi connectivity index (χ3n) is 5.11. The van der Waals surface area contributed by atoms with E-state index in [0.717, 1.165) is 18.4 Å². The van der Waals surface area contributed by atoms with Gasteiger partial charge in [-0.1, -0.05) is 36.4 Å². The van der Waals surface area contributed by atoms with Gasteiger partial charge in [-0.2, -0.15) is 0 Å². The Kier molecular flexibility index (Phi) is 5.46. The Hall–Kier alpha value is -3.32. The summed E-state index contributed by atoms with van der Waals surface area (Å²) in [5.74, 6) is 0.0454. The third kappa shape index (κ3) is 3.76. The van der Waals surface area contributed by atoms with Gasteiger partial charge in [0.05, 0.1) is 23.4 Å². The average Bonchev–Trinajstić information content (AvgIpc) is 2.79. The standard InChI is InChI=1S/C23H22N2O4S/c1-29-22-14-13-19(16-20(22)24-23(26)18-9-3-2-4-10-18)30(27,28)25-15-7-11-17-8-5-6-12-21(17)25/h2-6,8-10,12-14,16H,7,11,15H2,1H3,(H,24,26). The topological polar surface area (TPSA) is 75.7 Å². The van der Waals surface area contributed by atoms with Crippen LogP contribution < -0.4 is 14.4 Å².